The molecule has 0 amide bonds. The molecule has 5 heteroatoms. The summed E-state index contributed by atoms with van der Waals surface area (Å²) in [5.41, 5.74) is 1.16. The van der Waals surface area contributed by atoms with Crippen molar-refractivity contribution in [1.29, 1.82) is 0 Å². The Bertz CT molecular complexity index is 412. The standard InChI is InChI=1S/C10H12N4O/c15-7-6-14-10(11-12-13-14)8-9-4-2-1-3-5-9/h1-5,15H,6-8H2. The van der Waals surface area contributed by atoms with Gasteiger partial charge in [-0.05, 0) is 16.0 Å². The predicted molar refractivity (Wildman–Crippen MR) is 54.2 cm³/mol. The normalized spacial score (nSPS) is 10.5. The Morgan fingerprint density at radius 3 is 2.73 bits per heavy atom. The van der Waals surface area contributed by atoms with Gasteiger partial charge in [0.2, 0.25) is 0 Å². The van der Waals surface area contributed by atoms with Crippen LogP contribution in [0, 0.1) is 0 Å². The Morgan fingerprint density at radius 2 is 2.00 bits per heavy atom. The van der Waals surface area contributed by atoms with Crippen molar-refractivity contribution in [2.45, 2.75) is 13.0 Å². The van der Waals surface area contributed by atoms with Crippen molar-refractivity contribution in [3.63, 3.8) is 0 Å². The zero-order valence-electron chi connectivity index (χ0n) is 8.24. The third-order valence-electron chi connectivity index (χ3n) is 2.12. The summed E-state index contributed by atoms with van der Waals surface area (Å²) in [5.74, 6) is 0.773. The highest BCUT2D eigenvalue weighted by molar-refractivity contribution is 5.18. The van der Waals surface area contributed by atoms with Crippen LogP contribution in [0.25, 0.3) is 0 Å². The minimum atomic E-state index is 0.0484. The first-order chi connectivity index (χ1) is 7.40. The first-order valence-corrected chi connectivity index (χ1v) is 4.80. The monoisotopic (exact) mass is 204 g/mol. The highest BCUT2D eigenvalue weighted by Crippen LogP contribution is 2.05. The molecule has 0 fully saturated rings. The van der Waals surface area contributed by atoms with Gasteiger partial charge in [-0.2, -0.15) is 0 Å². The Morgan fingerprint density at radius 1 is 1.20 bits per heavy atom. The molecule has 0 aliphatic carbocycles. The van der Waals surface area contributed by atoms with E-state index in [0.717, 1.165) is 11.4 Å². The SMILES string of the molecule is OCCn1nnnc1Cc1ccccc1. The second-order valence-corrected chi connectivity index (χ2v) is 3.20. The maximum atomic E-state index is 8.81. The van der Waals surface area contributed by atoms with Crippen LogP contribution < -0.4 is 0 Å². The van der Waals surface area contributed by atoms with Gasteiger partial charge in [0.05, 0.1) is 13.2 Å². The van der Waals surface area contributed by atoms with Crippen LogP contribution in [0.15, 0.2) is 30.3 Å². The first-order valence-electron chi connectivity index (χ1n) is 4.80. The van der Waals surface area contributed by atoms with Gasteiger partial charge in [-0.25, -0.2) is 4.68 Å². The van der Waals surface area contributed by atoms with Crippen molar-refractivity contribution in [1.82, 2.24) is 20.2 Å². The van der Waals surface area contributed by atoms with Crippen LogP contribution >= 0.6 is 0 Å². The molecule has 1 aromatic heterocycles. The molecule has 0 radical (unpaired) electrons. The number of hydrogen-bond donors (Lipinski definition) is 1. The highest BCUT2D eigenvalue weighted by Gasteiger charge is 2.05. The van der Waals surface area contributed by atoms with E-state index < -0.39 is 0 Å². The summed E-state index contributed by atoms with van der Waals surface area (Å²) in [7, 11) is 0. The zero-order valence-corrected chi connectivity index (χ0v) is 8.24. The molecule has 0 saturated heterocycles. The van der Waals surface area contributed by atoms with Crippen molar-refractivity contribution in [2.75, 3.05) is 6.61 Å². The smallest absolute Gasteiger partial charge is 0.155 e. The molecule has 0 aliphatic heterocycles. The summed E-state index contributed by atoms with van der Waals surface area (Å²) in [4.78, 5) is 0. The van der Waals surface area contributed by atoms with Crippen LogP contribution in [0.1, 0.15) is 11.4 Å². The molecule has 0 saturated carbocycles. The number of aliphatic hydroxyl groups is 1. The fraction of sp³-hybridized carbons (Fsp3) is 0.300. The zero-order chi connectivity index (χ0) is 10.5. The molecule has 0 atom stereocenters. The maximum Gasteiger partial charge on any atom is 0.155 e. The van der Waals surface area contributed by atoms with Crippen LogP contribution in [0.2, 0.25) is 0 Å². The van der Waals surface area contributed by atoms with Gasteiger partial charge in [-0.15, -0.1) is 5.10 Å². The third-order valence-corrected chi connectivity index (χ3v) is 2.12. The van der Waals surface area contributed by atoms with Crippen molar-refractivity contribution in [2.24, 2.45) is 0 Å². The number of tetrazole rings is 1. The van der Waals surface area contributed by atoms with Crippen molar-refractivity contribution in [3.8, 4) is 0 Å². The van der Waals surface area contributed by atoms with Gasteiger partial charge < -0.3 is 5.11 Å². The lowest BCUT2D eigenvalue weighted by Gasteiger charge is -2.01. The molecule has 5 nitrogen and oxygen atoms in total. The minimum absolute atomic E-state index is 0.0484. The van der Waals surface area contributed by atoms with Gasteiger partial charge >= 0.3 is 0 Å². The molecule has 0 aliphatic rings. The van der Waals surface area contributed by atoms with E-state index in [1.807, 2.05) is 30.3 Å². The largest absolute Gasteiger partial charge is 0.394 e. The molecule has 0 spiro atoms. The van der Waals surface area contributed by atoms with Crippen LogP contribution in [-0.2, 0) is 13.0 Å². The van der Waals surface area contributed by atoms with Crippen molar-refractivity contribution in [3.05, 3.63) is 41.7 Å². The van der Waals surface area contributed by atoms with Gasteiger partial charge in [-0.3, -0.25) is 0 Å². The summed E-state index contributed by atoms with van der Waals surface area (Å²) in [6.07, 6.45) is 0.688. The Balaban J connectivity index is 2.14. The van der Waals surface area contributed by atoms with E-state index in [9.17, 15) is 0 Å². The first kappa shape index (κ1) is 9.79. The molecule has 15 heavy (non-hydrogen) atoms. The fourth-order valence-electron chi connectivity index (χ4n) is 1.40. The second kappa shape index (κ2) is 4.65. The molecule has 0 bridgehead atoms. The highest BCUT2D eigenvalue weighted by atomic mass is 16.3. The summed E-state index contributed by atoms with van der Waals surface area (Å²) in [6, 6.07) is 9.99. The van der Waals surface area contributed by atoms with E-state index in [4.69, 9.17) is 5.11 Å². The average molecular weight is 204 g/mol. The number of benzene rings is 1. The lowest BCUT2D eigenvalue weighted by atomic mass is 10.1. The molecule has 1 aromatic carbocycles. The molecule has 2 aromatic rings. The van der Waals surface area contributed by atoms with E-state index >= 15 is 0 Å². The van der Waals surface area contributed by atoms with E-state index in [0.29, 0.717) is 13.0 Å². The van der Waals surface area contributed by atoms with Gasteiger partial charge in [0.15, 0.2) is 5.82 Å². The molecular formula is C10H12N4O. The number of aromatic nitrogens is 4. The number of hydrogen-bond acceptors (Lipinski definition) is 4. The van der Waals surface area contributed by atoms with Crippen LogP contribution in [0.4, 0.5) is 0 Å². The molecule has 78 valence electrons. The van der Waals surface area contributed by atoms with Crippen molar-refractivity contribution >= 4 is 0 Å². The topological polar surface area (TPSA) is 63.8 Å². The van der Waals surface area contributed by atoms with E-state index in [1.165, 1.54) is 0 Å². The Labute approximate surface area is 87.4 Å². The van der Waals surface area contributed by atoms with Crippen LogP contribution in [-0.4, -0.2) is 31.9 Å². The van der Waals surface area contributed by atoms with Gasteiger partial charge in [0, 0.05) is 6.42 Å². The Kier molecular flexibility index (Phi) is 3.04. The van der Waals surface area contributed by atoms with Gasteiger partial charge in [0.25, 0.3) is 0 Å². The molecular weight excluding hydrogens is 192 g/mol. The lowest BCUT2D eigenvalue weighted by Crippen LogP contribution is -2.09. The van der Waals surface area contributed by atoms with E-state index in [2.05, 4.69) is 15.5 Å². The molecule has 1 N–H and O–H groups in total. The number of rotatable bonds is 4. The van der Waals surface area contributed by atoms with Crippen LogP contribution in [0.3, 0.4) is 0 Å². The summed E-state index contributed by atoms with van der Waals surface area (Å²) < 4.78 is 1.62. The minimum Gasteiger partial charge on any atom is -0.394 e. The summed E-state index contributed by atoms with van der Waals surface area (Å²) in [6.45, 7) is 0.488. The number of aliphatic hydroxyl groups excluding tert-OH is 1. The third kappa shape index (κ3) is 2.38. The van der Waals surface area contributed by atoms with E-state index in [1.54, 1.807) is 4.68 Å². The summed E-state index contributed by atoms with van der Waals surface area (Å²) >= 11 is 0. The predicted octanol–water partition coefficient (Wildman–Crippen LogP) is 0.256. The number of nitrogens with zero attached hydrogens (tertiary/aromatic N) is 4. The summed E-state index contributed by atoms with van der Waals surface area (Å²) in [5, 5.41) is 20.1. The average Bonchev–Trinajstić information content (AvgIpc) is 2.68. The lowest BCUT2D eigenvalue weighted by molar-refractivity contribution is 0.266. The van der Waals surface area contributed by atoms with Gasteiger partial charge in [0.1, 0.15) is 0 Å². The second-order valence-electron chi connectivity index (χ2n) is 3.20. The Hall–Kier alpha value is -1.75. The van der Waals surface area contributed by atoms with Crippen molar-refractivity contribution < 1.29 is 5.11 Å². The fourth-order valence-corrected chi connectivity index (χ4v) is 1.40. The van der Waals surface area contributed by atoms with E-state index in [-0.39, 0.29) is 6.61 Å². The molecule has 1 heterocycles. The quantitative estimate of drug-likeness (QED) is 0.775. The molecule has 2 rings (SSSR count). The van der Waals surface area contributed by atoms with Gasteiger partial charge in [-0.1, -0.05) is 30.3 Å². The maximum absolute atomic E-state index is 8.81. The molecule has 0 unspecified atom stereocenters. The van der Waals surface area contributed by atoms with Crippen LogP contribution in [0.5, 0.6) is 0 Å².